The van der Waals surface area contributed by atoms with Gasteiger partial charge in [-0.15, -0.1) is 0 Å². The van der Waals surface area contributed by atoms with Gasteiger partial charge in [-0.05, 0) is 43.4 Å². The predicted octanol–water partition coefficient (Wildman–Crippen LogP) is 5.41. The van der Waals surface area contributed by atoms with Crippen molar-refractivity contribution in [3.63, 3.8) is 0 Å². The molecular weight excluding hydrogens is 232 g/mol. The summed E-state index contributed by atoms with van der Waals surface area (Å²) in [5.74, 6) is 0.451. The standard InChI is InChI=1S/C18H28O/c1-4-5-6-7-8-9-12-17-16(14-15(2)3)11-10-13-18(17)19/h10-11,13,19H,2,4-9,12,14H2,1,3H3. The van der Waals surface area contributed by atoms with Crippen LogP contribution in [0.5, 0.6) is 5.75 Å². The Labute approximate surface area is 118 Å². The third kappa shape index (κ3) is 5.96. The molecule has 0 aromatic heterocycles. The molecule has 0 atom stereocenters. The fourth-order valence-electron chi connectivity index (χ4n) is 2.48. The lowest BCUT2D eigenvalue weighted by Gasteiger charge is -2.11. The smallest absolute Gasteiger partial charge is 0.119 e. The van der Waals surface area contributed by atoms with Crippen LogP contribution in [-0.4, -0.2) is 5.11 Å². The van der Waals surface area contributed by atoms with Gasteiger partial charge in [-0.25, -0.2) is 0 Å². The maximum absolute atomic E-state index is 10.0. The molecule has 0 aliphatic rings. The van der Waals surface area contributed by atoms with Crippen molar-refractivity contribution >= 4 is 0 Å². The summed E-state index contributed by atoms with van der Waals surface area (Å²) in [7, 11) is 0. The van der Waals surface area contributed by atoms with Crippen LogP contribution in [0.4, 0.5) is 0 Å². The summed E-state index contributed by atoms with van der Waals surface area (Å²) in [6, 6.07) is 5.84. The normalized spacial score (nSPS) is 10.6. The minimum Gasteiger partial charge on any atom is -0.508 e. The van der Waals surface area contributed by atoms with E-state index in [2.05, 4.69) is 19.6 Å². The van der Waals surface area contributed by atoms with Gasteiger partial charge in [0.15, 0.2) is 0 Å². The fourth-order valence-corrected chi connectivity index (χ4v) is 2.48. The zero-order valence-corrected chi connectivity index (χ0v) is 12.5. The van der Waals surface area contributed by atoms with E-state index in [-0.39, 0.29) is 0 Å². The minimum absolute atomic E-state index is 0.451. The lowest BCUT2D eigenvalue weighted by Crippen LogP contribution is -1.96. The average molecular weight is 260 g/mol. The van der Waals surface area contributed by atoms with E-state index >= 15 is 0 Å². The molecule has 19 heavy (non-hydrogen) atoms. The van der Waals surface area contributed by atoms with Crippen LogP contribution in [0.15, 0.2) is 30.4 Å². The largest absolute Gasteiger partial charge is 0.508 e. The number of aromatic hydroxyl groups is 1. The van der Waals surface area contributed by atoms with Crippen molar-refractivity contribution in [1.29, 1.82) is 0 Å². The van der Waals surface area contributed by atoms with Crippen LogP contribution in [0.2, 0.25) is 0 Å². The molecule has 0 unspecified atom stereocenters. The number of unbranched alkanes of at least 4 members (excludes halogenated alkanes) is 5. The maximum atomic E-state index is 10.0. The second-order valence-corrected chi connectivity index (χ2v) is 5.57. The second-order valence-electron chi connectivity index (χ2n) is 5.57. The number of phenolic OH excluding ortho intramolecular Hbond substituents is 1. The lowest BCUT2D eigenvalue weighted by atomic mass is 9.96. The highest BCUT2D eigenvalue weighted by Crippen LogP contribution is 2.25. The SMILES string of the molecule is C=C(C)Cc1cccc(O)c1CCCCCCCC. The molecule has 1 heteroatoms. The molecular formula is C18H28O. The molecule has 0 saturated carbocycles. The number of rotatable bonds is 9. The molecule has 1 nitrogen and oxygen atoms in total. The van der Waals surface area contributed by atoms with Gasteiger partial charge in [-0.2, -0.15) is 0 Å². The summed E-state index contributed by atoms with van der Waals surface area (Å²) < 4.78 is 0. The van der Waals surface area contributed by atoms with E-state index in [1.807, 2.05) is 13.0 Å². The highest BCUT2D eigenvalue weighted by molar-refractivity contribution is 5.40. The van der Waals surface area contributed by atoms with Crippen LogP contribution in [0, 0.1) is 0 Å². The van der Waals surface area contributed by atoms with Crippen molar-refractivity contribution in [2.24, 2.45) is 0 Å². The number of hydrogen-bond donors (Lipinski definition) is 1. The molecule has 1 N–H and O–H groups in total. The summed E-state index contributed by atoms with van der Waals surface area (Å²) in [4.78, 5) is 0. The first-order valence-corrected chi connectivity index (χ1v) is 7.59. The van der Waals surface area contributed by atoms with E-state index in [0.717, 1.165) is 24.0 Å². The molecule has 0 amide bonds. The molecule has 1 aromatic carbocycles. The van der Waals surface area contributed by atoms with E-state index in [1.54, 1.807) is 6.07 Å². The first-order valence-electron chi connectivity index (χ1n) is 7.59. The van der Waals surface area contributed by atoms with Crippen LogP contribution < -0.4 is 0 Å². The van der Waals surface area contributed by atoms with Gasteiger partial charge < -0.3 is 5.11 Å². The van der Waals surface area contributed by atoms with Crippen LogP contribution in [-0.2, 0) is 12.8 Å². The van der Waals surface area contributed by atoms with E-state index in [0.29, 0.717) is 5.75 Å². The van der Waals surface area contributed by atoms with Gasteiger partial charge in [0.1, 0.15) is 5.75 Å². The highest BCUT2D eigenvalue weighted by Gasteiger charge is 2.07. The van der Waals surface area contributed by atoms with Crippen molar-refractivity contribution in [2.75, 3.05) is 0 Å². The van der Waals surface area contributed by atoms with Gasteiger partial charge in [-0.3, -0.25) is 0 Å². The Bertz CT molecular complexity index is 393. The number of benzene rings is 1. The van der Waals surface area contributed by atoms with Crippen molar-refractivity contribution in [3.8, 4) is 5.75 Å². The van der Waals surface area contributed by atoms with E-state index in [4.69, 9.17) is 0 Å². The molecule has 0 bridgehead atoms. The Morgan fingerprint density at radius 3 is 2.47 bits per heavy atom. The molecule has 0 spiro atoms. The van der Waals surface area contributed by atoms with Crippen molar-refractivity contribution in [3.05, 3.63) is 41.5 Å². The maximum Gasteiger partial charge on any atom is 0.119 e. The van der Waals surface area contributed by atoms with Crippen LogP contribution in [0.25, 0.3) is 0 Å². The summed E-state index contributed by atoms with van der Waals surface area (Å²) in [5.41, 5.74) is 3.51. The zero-order valence-electron chi connectivity index (χ0n) is 12.5. The second kappa shape index (κ2) is 8.79. The van der Waals surface area contributed by atoms with E-state index < -0.39 is 0 Å². The van der Waals surface area contributed by atoms with Crippen molar-refractivity contribution in [1.82, 2.24) is 0 Å². The first kappa shape index (κ1) is 15.8. The topological polar surface area (TPSA) is 20.2 Å². The highest BCUT2D eigenvalue weighted by atomic mass is 16.3. The molecule has 1 rings (SSSR count). The van der Waals surface area contributed by atoms with Gasteiger partial charge in [0.2, 0.25) is 0 Å². The molecule has 0 aliphatic carbocycles. The van der Waals surface area contributed by atoms with E-state index in [1.165, 1.54) is 44.1 Å². The summed E-state index contributed by atoms with van der Waals surface area (Å²) in [6.07, 6.45) is 9.60. The van der Waals surface area contributed by atoms with E-state index in [9.17, 15) is 5.11 Å². The van der Waals surface area contributed by atoms with Gasteiger partial charge >= 0.3 is 0 Å². The Hall–Kier alpha value is -1.24. The molecule has 0 heterocycles. The van der Waals surface area contributed by atoms with Gasteiger partial charge in [0, 0.05) is 0 Å². The third-order valence-electron chi connectivity index (χ3n) is 3.52. The number of allylic oxidation sites excluding steroid dienone is 1. The summed E-state index contributed by atoms with van der Waals surface area (Å²) >= 11 is 0. The average Bonchev–Trinajstić information content (AvgIpc) is 2.35. The number of phenols is 1. The minimum atomic E-state index is 0.451. The molecule has 0 radical (unpaired) electrons. The number of hydrogen-bond acceptors (Lipinski definition) is 1. The molecule has 0 aliphatic heterocycles. The Balaban J connectivity index is 2.49. The zero-order chi connectivity index (χ0) is 14.1. The third-order valence-corrected chi connectivity index (χ3v) is 3.52. The van der Waals surface area contributed by atoms with Gasteiger partial charge in [-0.1, -0.05) is 63.3 Å². The Morgan fingerprint density at radius 1 is 1.11 bits per heavy atom. The van der Waals surface area contributed by atoms with Gasteiger partial charge in [0.25, 0.3) is 0 Å². The van der Waals surface area contributed by atoms with Crippen LogP contribution in [0.1, 0.15) is 63.5 Å². The van der Waals surface area contributed by atoms with Crippen LogP contribution >= 0.6 is 0 Å². The van der Waals surface area contributed by atoms with Crippen molar-refractivity contribution < 1.29 is 5.11 Å². The molecule has 0 saturated heterocycles. The monoisotopic (exact) mass is 260 g/mol. The fraction of sp³-hybridized carbons (Fsp3) is 0.556. The quantitative estimate of drug-likeness (QED) is 0.464. The lowest BCUT2D eigenvalue weighted by molar-refractivity contribution is 0.465. The Morgan fingerprint density at radius 2 is 1.79 bits per heavy atom. The molecule has 1 aromatic rings. The first-order chi connectivity index (χ1) is 9.15. The van der Waals surface area contributed by atoms with Crippen molar-refractivity contribution in [2.45, 2.75) is 65.2 Å². The summed E-state index contributed by atoms with van der Waals surface area (Å²) in [5, 5.41) is 10.0. The van der Waals surface area contributed by atoms with Gasteiger partial charge in [0.05, 0.1) is 0 Å². The van der Waals surface area contributed by atoms with Crippen LogP contribution in [0.3, 0.4) is 0 Å². The molecule has 0 fully saturated rings. The molecule has 106 valence electrons. The Kier molecular flexibility index (Phi) is 7.32. The predicted molar refractivity (Wildman–Crippen MR) is 83.7 cm³/mol. The summed E-state index contributed by atoms with van der Waals surface area (Å²) in [6.45, 7) is 8.25.